The molecule has 0 spiro atoms. The summed E-state index contributed by atoms with van der Waals surface area (Å²) < 4.78 is 0. The molecule has 1 aromatic heterocycles. The molecule has 0 bridgehead atoms. The topological polar surface area (TPSA) is 79.3 Å². The highest BCUT2D eigenvalue weighted by Gasteiger charge is 2.37. The summed E-state index contributed by atoms with van der Waals surface area (Å²) in [6.07, 6.45) is 2.23. The van der Waals surface area contributed by atoms with Gasteiger partial charge in [-0.1, -0.05) is 25.4 Å². The Labute approximate surface area is 117 Å². The third-order valence-corrected chi connectivity index (χ3v) is 3.52. The minimum absolute atomic E-state index is 0.0602. The number of pyridine rings is 1. The van der Waals surface area contributed by atoms with E-state index in [2.05, 4.69) is 10.3 Å². The van der Waals surface area contributed by atoms with Gasteiger partial charge >= 0.3 is 5.97 Å². The van der Waals surface area contributed by atoms with E-state index in [1.165, 1.54) is 12.3 Å². The molecule has 0 saturated heterocycles. The minimum Gasteiger partial charge on any atom is -0.481 e. The van der Waals surface area contributed by atoms with Crippen LogP contribution in [-0.4, -0.2) is 22.0 Å². The van der Waals surface area contributed by atoms with Crippen LogP contribution < -0.4 is 5.32 Å². The molecule has 1 amide bonds. The number of nitrogens with zero attached hydrogens (tertiary/aromatic N) is 1. The molecule has 0 saturated carbocycles. The fourth-order valence-corrected chi connectivity index (χ4v) is 2.04. The summed E-state index contributed by atoms with van der Waals surface area (Å²) in [6.45, 7) is 3.54. The molecule has 6 heteroatoms. The molecular weight excluding hydrogens is 268 g/mol. The summed E-state index contributed by atoms with van der Waals surface area (Å²) in [4.78, 5) is 27.0. The quantitative estimate of drug-likeness (QED) is 0.787. The Kier molecular flexibility index (Phi) is 5.30. The number of rotatable bonds is 6. The highest BCUT2D eigenvalue weighted by Crippen LogP contribution is 2.31. The molecule has 1 heterocycles. The monoisotopic (exact) mass is 284 g/mol. The fraction of sp³-hybridized carbons (Fsp3) is 0.462. The molecule has 0 unspecified atom stereocenters. The predicted molar refractivity (Wildman–Crippen MR) is 73.1 cm³/mol. The van der Waals surface area contributed by atoms with Gasteiger partial charge < -0.3 is 10.4 Å². The van der Waals surface area contributed by atoms with E-state index in [0.717, 1.165) is 0 Å². The van der Waals surface area contributed by atoms with Crippen LogP contribution in [0.2, 0.25) is 5.15 Å². The van der Waals surface area contributed by atoms with Gasteiger partial charge in [-0.25, -0.2) is 4.98 Å². The molecule has 0 radical (unpaired) electrons. The van der Waals surface area contributed by atoms with Crippen LogP contribution in [0.25, 0.3) is 0 Å². The van der Waals surface area contributed by atoms with E-state index in [1.807, 2.05) is 0 Å². The first kappa shape index (κ1) is 15.4. The average Bonchev–Trinajstić information content (AvgIpc) is 2.35. The lowest BCUT2D eigenvalue weighted by Crippen LogP contribution is -2.34. The number of hydrogen-bond donors (Lipinski definition) is 2. The zero-order valence-electron chi connectivity index (χ0n) is 10.9. The Hall–Kier alpha value is -1.62. The molecule has 0 aliphatic rings. The van der Waals surface area contributed by atoms with Crippen molar-refractivity contribution in [3.8, 4) is 0 Å². The van der Waals surface area contributed by atoms with Gasteiger partial charge in [0, 0.05) is 18.3 Å². The zero-order chi connectivity index (χ0) is 14.5. The summed E-state index contributed by atoms with van der Waals surface area (Å²) in [7, 11) is 0. The Bertz CT molecular complexity index is 473. The lowest BCUT2D eigenvalue weighted by Gasteiger charge is -2.25. The largest absolute Gasteiger partial charge is 0.481 e. The molecule has 5 nitrogen and oxygen atoms in total. The van der Waals surface area contributed by atoms with Crippen LogP contribution in [0, 0.1) is 5.41 Å². The molecule has 0 atom stereocenters. The standard InChI is InChI=1S/C13H17ClN2O3/c1-3-13(4-2,12(18)19)8-11(17)16-9-5-6-15-10(14)7-9/h5-7H,3-4,8H2,1-2H3,(H,18,19)(H,15,16,17). The maximum Gasteiger partial charge on any atom is 0.310 e. The number of aliphatic carboxylic acids is 1. The van der Waals surface area contributed by atoms with Crippen molar-refractivity contribution in [2.24, 2.45) is 5.41 Å². The van der Waals surface area contributed by atoms with Crippen LogP contribution in [0.4, 0.5) is 5.69 Å². The molecule has 0 fully saturated rings. The molecule has 0 aliphatic heterocycles. The van der Waals surface area contributed by atoms with E-state index < -0.39 is 11.4 Å². The van der Waals surface area contributed by atoms with Crippen molar-refractivity contribution in [1.82, 2.24) is 4.98 Å². The number of carboxylic acids is 1. The number of carbonyl (C=O) groups is 2. The molecule has 1 aromatic rings. The average molecular weight is 285 g/mol. The summed E-state index contributed by atoms with van der Waals surface area (Å²) in [6, 6.07) is 3.11. The first-order valence-corrected chi connectivity index (χ1v) is 6.46. The molecule has 2 N–H and O–H groups in total. The smallest absolute Gasteiger partial charge is 0.310 e. The summed E-state index contributed by atoms with van der Waals surface area (Å²) in [5.41, 5.74) is -0.502. The van der Waals surface area contributed by atoms with Crippen LogP contribution in [0.1, 0.15) is 33.1 Å². The fourth-order valence-electron chi connectivity index (χ4n) is 1.87. The van der Waals surface area contributed by atoms with Gasteiger partial charge in [0.1, 0.15) is 5.15 Å². The van der Waals surface area contributed by atoms with Gasteiger partial charge in [-0.15, -0.1) is 0 Å². The van der Waals surface area contributed by atoms with Crippen LogP contribution >= 0.6 is 11.6 Å². The van der Waals surface area contributed by atoms with Gasteiger partial charge in [0.05, 0.1) is 5.41 Å². The lowest BCUT2D eigenvalue weighted by atomic mass is 9.79. The van der Waals surface area contributed by atoms with Crippen molar-refractivity contribution in [2.75, 3.05) is 5.32 Å². The summed E-state index contributed by atoms with van der Waals surface area (Å²) >= 11 is 5.71. The van der Waals surface area contributed by atoms with Gasteiger partial charge in [-0.3, -0.25) is 9.59 Å². The number of carbonyl (C=O) groups excluding carboxylic acids is 1. The van der Waals surface area contributed by atoms with E-state index in [9.17, 15) is 14.7 Å². The van der Waals surface area contributed by atoms with Gasteiger partial charge in [0.15, 0.2) is 0 Å². The highest BCUT2D eigenvalue weighted by atomic mass is 35.5. The van der Waals surface area contributed by atoms with Crippen molar-refractivity contribution >= 4 is 29.2 Å². The Morgan fingerprint density at radius 1 is 1.42 bits per heavy atom. The maximum atomic E-state index is 11.9. The minimum atomic E-state index is -1.01. The van der Waals surface area contributed by atoms with Crippen LogP contribution in [0.3, 0.4) is 0 Å². The Morgan fingerprint density at radius 2 is 2.05 bits per heavy atom. The van der Waals surface area contributed by atoms with Crippen molar-refractivity contribution in [3.05, 3.63) is 23.5 Å². The molecule has 0 aliphatic carbocycles. The van der Waals surface area contributed by atoms with Crippen molar-refractivity contribution < 1.29 is 14.7 Å². The van der Waals surface area contributed by atoms with Crippen LogP contribution in [0.15, 0.2) is 18.3 Å². The second-order valence-electron chi connectivity index (χ2n) is 4.38. The Balaban J connectivity index is 2.76. The number of aromatic nitrogens is 1. The molecular formula is C13H17ClN2O3. The first-order valence-electron chi connectivity index (χ1n) is 6.08. The number of hydrogen-bond acceptors (Lipinski definition) is 3. The number of nitrogens with one attached hydrogen (secondary N) is 1. The molecule has 104 valence electrons. The normalized spacial score (nSPS) is 11.1. The molecule has 1 rings (SSSR count). The predicted octanol–water partition coefficient (Wildman–Crippen LogP) is 2.95. The van der Waals surface area contributed by atoms with Crippen molar-refractivity contribution in [2.45, 2.75) is 33.1 Å². The third-order valence-electron chi connectivity index (χ3n) is 3.32. The Morgan fingerprint density at radius 3 is 2.53 bits per heavy atom. The summed E-state index contributed by atoms with van der Waals surface area (Å²) in [5, 5.41) is 12.2. The second-order valence-corrected chi connectivity index (χ2v) is 4.77. The third kappa shape index (κ3) is 3.92. The molecule has 19 heavy (non-hydrogen) atoms. The van der Waals surface area contributed by atoms with E-state index >= 15 is 0 Å². The van der Waals surface area contributed by atoms with E-state index in [-0.39, 0.29) is 17.5 Å². The van der Waals surface area contributed by atoms with Crippen molar-refractivity contribution in [3.63, 3.8) is 0 Å². The van der Waals surface area contributed by atoms with E-state index in [0.29, 0.717) is 18.5 Å². The van der Waals surface area contributed by atoms with E-state index in [4.69, 9.17) is 11.6 Å². The van der Waals surface area contributed by atoms with Crippen molar-refractivity contribution in [1.29, 1.82) is 0 Å². The maximum absolute atomic E-state index is 11.9. The van der Waals surface area contributed by atoms with Gasteiger partial charge in [-0.05, 0) is 25.0 Å². The van der Waals surface area contributed by atoms with E-state index in [1.54, 1.807) is 19.9 Å². The first-order chi connectivity index (χ1) is 8.93. The van der Waals surface area contributed by atoms with Gasteiger partial charge in [-0.2, -0.15) is 0 Å². The number of halogens is 1. The SMILES string of the molecule is CCC(CC)(CC(=O)Nc1ccnc(Cl)c1)C(=O)O. The number of amides is 1. The second kappa shape index (κ2) is 6.52. The lowest BCUT2D eigenvalue weighted by molar-refractivity contribution is -0.151. The van der Waals surface area contributed by atoms with Gasteiger partial charge in [0.2, 0.25) is 5.91 Å². The van der Waals surface area contributed by atoms with Crippen LogP contribution in [0.5, 0.6) is 0 Å². The number of carboxylic acid groups (broad SMARTS) is 1. The highest BCUT2D eigenvalue weighted by molar-refractivity contribution is 6.29. The number of anilines is 1. The molecule has 0 aromatic carbocycles. The zero-order valence-corrected chi connectivity index (χ0v) is 11.7. The summed E-state index contributed by atoms with van der Waals surface area (Å²) in [5.74, 6) is -1.28. The van der Waals surface area contributed by atoms with Crippen LogP contribution in [-0.2, 0) is 9.59 Å². The van der Waals surface area contributed by atoms with Gasteiger partial charge in [0.25, 0.3) is 0 Å².